The van der Waals surface area contributed by atoms with Gasteiger partial charge in [-0.15, -0.1) is 27.9 Å². The van der Waals surface area contributed by atoms with Crippen LogP contribution in [-0.4, -0.2) is 31.1 Å². The minimum absolute atomic E-state index is 0.0294. The molecule has 3 heterocycles. The minimum Gasteiger partial charge on any atom is -0.481 e. The van der Waals surface area contributed by atoms with Crippen LogP contribution in [0.4, 0.5) is 4.39 Å². The van der Waals surface area contributed by atoms with Gasteiger partial charge in [0.05, 0.1) is 17.8 Å². The van der Waals surface area contributed by atoms with Gasteiger partial charge in [-0.05, 0) is 59.8 Å². The molecule has 166 valence electrons. The number of thioether (sulfide) groups is 1. The predicted octanol–water partition coefficient (Wildman–Crippen LogP) is 5.84. The van der Waals surface area contributed by atoms with Crippen molar-refractivity contribution >= 4 is 40.0 Å². The van der Waals surface area contributed by atoms with E-state index in [4.69, 9.17) is 5.11 Å². The first kappa shape index (κ1) is 21.4. The summed E-state index contributed by atoms with van der Waals surface area (Å²) in [6.07, 6.45) is 1.71. The molecule has 0 bridgehead atoms. The van der Waals surface area contributed by atoms with Crippen LogP contribution in [0.25, 0.3) is 27.0 Å². The summed E-state index contributed by atoms with van der Waals surface area (Å²) in [5.74, 6) is -0.680. The number of aryl methyl sites for hydroxylation is 1. The molecule has 0 saturated heterocycles. The summed E-state index contributed by atoms with van der Waals surface area (Å²) >= 11 is 3.14. The molecule has 0 radical (unpaired) electrons. The molecule has 5 aromatic rings. The van der Waals surface area contributed by atoms with Gasteiger partial charge in [0.25, 0.3) is 0 Å². The number of nitrogens with zero attached hydrogens (tertiary/aromatic N) is 3. The number of carboxylic acid groups (broad SMARTS) is 1. The molecule has 0 aliphatic carbocycles. The van der Waals surface area contributed by atoms with E-state index in [2.05, 4.69) is 15.2 Å². The second-order valence-electron chi connectivity index (χ2n) is 7.55. The van der Waals surface area contributed by atoms with E-state index in [-0.39, 0.29) is 12.2 Å². The molecule has 2 N–H and O–H groups in total. The van der Waals surface area contributed by atoms with Gasteiger partial charge in [-0.1, -0.05) is 12.1 Å². The van der Waals surface area contributed by atoms with Crippen LogP contribution in [0.1, 0.15) is 17.0 Å². The van der Waals surface area contributed by atoms with Crippen molar-refractivity contribution in [2.24, 2.45) is 0 Å². The quantitative estimate of drug-likeness (QED) is 0.287. The highest BCUT2D eigenvalue weighted by molar-refractivity contribution is 7.98. The molecular weight excluding hydrogens is 459 g/mol. The molecule has 33 heavy (non-hydrogen) atoms. The van der Waals surface area contributed by atoms with Gasteiger partial charge < -0.3 is 10.1 Å². The molecule has 6 nitrogen and oxygen atoms in total. The number of halogens is 1. The zero-order valence-electron chi connectivity index (χ0n) is 17.6. The molecule has 3 aromatic heterocycles. The van der Waals surface area contributed by atoms with Gasteiger partial charge in [0, 0.05) is 32.6 Å². The van der Waals surface area contributed by atoms with E-state index < -0.39 is 5.97 Å². The maximum atomic E-state index is 14.8. The van der Waals surface area contributed by atoms with Gasteiger partial charge in [0.1, 0.15) is 5.69 Å². The molecule has 0 amide bonds. The first-order valence-electron chi connectivity index (χ1n) is 10.2. The fraction of sp³-hybridized carbons (Fsp3) is 0.125. The maximum Gasteiger partial charge on any atom is 0.307 e. The average molecular weight is 479 g/mol. The van der Waals surface area contributed by atoms with Crippen LogP contribution in [0.2, 0.25) is 0 Å². The van der Waals surface area contributed by atoms with Gasteiger partial charge in [-0.3, -0.25) is 4.79 Å². The average Bonchev–Trinajstić information content (AvgIpc) is 3.53. The zero-order valence-corrected chi connectivity index (χ0v) is 19.2. The smallest absolute Gasteiger partial charge is 0.307 e. The highest BCUT2D eigenvalue weighted by Crippen LogP contribution is 2.30. The van der Waals surface area contributed by atoms with E-state index in [0.717, 1.165) is 43.2 Å². The van der Waals surface area contributed by atoms with Crippen LogP contribution in [0.15, 0.2) is 65.0 Å². The Balaban J connectivity index is 1.35. The van der Waals surface area contributed by atoms with Crippen molar-refractivity contribution in [3.05, 3.63) is 82.9 Å². The number of aromatic nitrogens is 4. The van der Waals surface area contributed by atoms with Crippen LogP contribution in [0.3, 0.4) is 0 Å². The Bertz CT molecular complexity index is 1460. The Morgan fingerprint density at radius 1 is 1.21 bits per heavy atom. The number of aliphatic carboxylic acids is 1. The molecule has 0 saturated carbocycles. The van der Waals surface area contributed by atoms with E-state index in [9.17, 15) is 9.18 Å². The Morgan fingerprint density at radius 2 is 2.09 bits per heavy atom. The molecule has 9 heteroatoms. The van der Waals surface area contributed by atoms with Crippen LogP contribution >= 0.6 is 23.1 Å². The largest absolute Gasteiger partial charge is 0.481 e. The van der Waals surface area contributed by atoms with E-state index in [1.807, 2.05) is 48.7 Å². The van der Waals surface area contributed by atoms with Crippen molar-refractivity contribution in [2.45, 2.75) is 24.0 Å². The number of carboxylic acids is 1. The fourth-order valence-corrected chi connectivity index (χ4v) is 5.28. The Labute approximate surface area is 197 Å². The summed E-state index contributed by atoms with van der Waals surface area (Å²) < 4.78 is 14.8. The van der Waals surface area contributed by atoms with Crippen molar-refractivity contribution in [2.75, 3.05) is 0 Å². The number of nitrogens with one attached hydrogen (secondary N) is 1. The lowest BCUT2D eigenvalue weighted by Gasteiger charge is -2.04. The molecule has 0 unspecified atom stereocenters. The van der Waals surface area contributed by atoms with Gasteiger partial charge in [0.15, 0.2) is 5.82 Å². The summed E-state index contributed by atoms with van der Waals surface area (Å²) in [7, 11) is 0. The van der Waals surface area contributed by atoms with E-state index >= 15 is 0 Å². The lowest BCUT2D eigenvalue weighted by molar-refractivity contribution is -0.136. The second kappa shape index (κ2) is 8.84. The van der Waals surface area contributed by atoms with Crippen LogP contribution in [0.5, 0.6) is 0 Å². The summed E-state index contributed by atoms with van der Waals surface area (Å²) in [5, 5.41) is 20.9. The lowest BCUT2D eigenvalue weighted by atomic mass is 10.1. The predicted molar refractivity (Wildman–Crippen MR) is 129 cm³/mol. The summed E-state index contributed by atoms with van der Waals surface area (Å²) in [6.45, 7) is 1.86. The highest BCUT2D eigenvalue weighted by atomic mass is 32.2. The van der Waals surface area contributed by atoms with Crippen LogP contribution in [0, 0.1) is 12.7 Å². The van der Waals surface area contributed by atoms with Gasteiger partial charge in [-0.2, -0.15) is 10.2 Å². The first-order valence-corrected chi connectivity index (χ1v) is 12.1. The lowest BCUT2D eigenvalue weighted by Crippen LogP contribution is -2.02. The number of fused-ring (bicyclic) bond motifs is 1. The number of H-pyrrole nitrogens is 1. The summed E-state index contributed by atoms with van der Waals surface area (Å²) in [4.78, 5) is 17.6. The molecule has 2 aromatic carbocycles. The minimum atomic E-state index is -0.864. The van der Waals surface area contributed by atoms with Crippen molar-refractivity contribution in [3.63, 3.8) is 0 Å². The number of hydrogen-bond acceptors (Lipinski definition) is 5. The standard InChI is InChI=1S/C24H19FN4O2S2/c1-14-21(13-33-17-5-6-20-18(11-17)16(12-26-20)10-24(30)31)28-29(27-14)22-7-4-15(9-19(22)25)23-3-2-8-32-23/h2-9,11-12,26H,10,13H2,1H3,(H,30,31). The topological polar surface area (TPSA) is 83.8 Å². The van der Waals surface area contributed by atoms with E-state index in [0.29, 0.717) is 11.4 Å². The van der Waals surface area contributed by atoms with Gasteiger partial charge >= 0.3 is 5.97 Å². The Kier molecular flexibility index (Phi) is 5.74. The number of aromatic amines is 1. The van der Waals surface area contributed by atoms with Gasteiger partial charge in [-0.25, -0.2) is 4.39 Å². The molecule has 0 aliphatic heterocycles. The zero-order chi connectivity index (χ0) is 22.9. The molecule has 0 fully saturated rings. The Morgan fingerprint density at radius 3 is 2.85 bits per heavy atom. The SMILES string of the molecule is Cc1nn(-c2ccc(-c3cccs3)cc2F)nc1CSc1ccc2[nH]cc(CC(=O)O)c2c1. The number of carbonyl (C=O) groups is 1. The van der Waals surface area contributed by atoms with Crippen molar-refractivity contribution in [1.29, 1.82) is 0 Å². The number of hydrogen-bond donors (Lipinski definition) is 2. The van der Waals surface area contributed by atoms with E-state index in [1.165, 1.54) is 10.9 Å². The number of benzene rings is 2. The molecule has 0 spiro atoms. The highest BCUT2D eigenvalue weighted by Gasteiger charge is 2.14. The van der Waals surface area contributed by atoms with Crippen molar-refractivity contribution in [1.82, 2.24) is 20.0 Å². The summed E-state index contributed by atoms with van der Waals surface area (Å²) in [6, 6.07) is 14.9. The normalized spacial score (nSPS) is 11.3. The van der Waals surface area contributed by atoms with Crippen molar-refractivity contribution < 1.29 is 14.3 Å². The molecule has 0 aliphatic rings. The van der Waals surface area contributed by atoms with E-state index in [1.54, 1.807) is 35.4 Å². The fourth-order valence-electron chi connectivity index (χ4n) is 3.62. The first-order chi connectivity index (χ1) is 16.0. The number of thiophene rings is 1. The van der Waals surface area contributed by atoms with Gasteiger partial charge in [0.2, 0.25) is 0 Å². The third-order valence-corrected chi connectivity index (χ3v) is 7.23. The molecule has 0 atom stereocenters. The number of rotatable bonds is 7. The van der Waals surface area contributed by atoms with Crippen LogP contribution < -0.4 is 0 Å². The summed E-state index contributed by atoms with van der Waals surface area (Å²) in [5.41, 5.74) is 4.29. The maximum absolute atomic E-state index is 14.8. The third-order valence-electron chi connectivity index (χ3n) is 5.30. The third kappa shape index (κ3) is 4.42. The molecule has 5 rings (SSSR count). The van der Waals surface area contributed by atoms with Crippen LogP contribution in [-0.2, 0) is 17.0 Å². The molecular formula is C24H19FN4O2S2. The Hall–Kier alpha value is -3.43. The van der Waals surface area contributed by atoms with Crippen molar-refractivity contribution in [3.8, 4) is 16.1 Å². The second-order valence-corrected chi connectivity index (χ2v) is 9.54. The monoisotopic (exact) mass is 478 g/mol.